The third-order valence-corrected chi connectivity index (χ3v) is 8.67. The summed E-state index contributed by atoms with van der Waals surface area (Å²) in [5, 5.41) is 3.63. The Hall–Kier alpha value is -5.28. The van der Waals surface area contributed by atoms with Crippen molar-refractivity contribution in [1.82, 2.24) is 9.97 Å². The molecule has 0 atom stereocenters. The van der Waals surface area contributed by atoms with Crippen molar-refractivity contribution in [1.29, 1.82) is 0 Å². The summed E-state index contributed by atoms with van der Waals surface area (Å²) in [4.78, 5) is 12.4. The number of nitrogens with zero attached hydrogens (tertiary/aromatic N) is 3. The molecule has 0 aliphatic carbocycles. The van der Waals surface area contributed by atoms with Crippen LogP contribution in [-0.4, -0.2) is 9.97 Å². The van der Waals surface area contributed by atoms with E-state index in [1.807, 2.05) is 12.3 Å². The second-order valence-corrected chi connectivity index (χ2v) is 11.5. The lowest BCUT2D eigenvalue weighted by molar-refractivity contribution is 0.629. The van der Waals surface area contributed by atoms with Crippen LogP contribution in [0.25, 0.3) is 44.1 Å². The highest BCUT2D eigenvalue weighted by Crippen LogP contribution is 2.54. The normalized spacial score (nSPS) is 13.6. The zero-order chi connectivity index (χ0) is 28.3. The molecule has 2 aromatic heterocycles. The van der Waals surface area contributed by atoms with Crippen molar-refractivity contribution in [2.45, 2.75) is 19.3 Å². The van der Waals surface area contributed by atoms with Gasteiger partial charge in [-0.25, -0.2) is 9.97 Å². The second kappa shape index (κ2) is 9.39. The molecule has 0 fully saturated rings. The molecule has 0 saturated heterocycles. The number of aromatic nitrogens is 2. The summed E-state index contributed by atoms with van der Waals surface area (Å²) >= 11 is 0. The Morgan fingerprint density at radius 3 is 2.26 bits per heavy atom. The van der Waals surface area contributed by atoms with E-state index in [9.17, 15) is 0 Å². The van der Waals surface area contributed by atoms with E-state index in [0.29, 0.717) is 0 Å². The van der Waals surface area contributed by atoms with E-state index < -0.39 is 0 Å². The van der Waals surface area contributed by atoms with E-state index >= 15 is 0 Å². The standard InChI is InChI=1S/C39H29N3/c1-39(2)33-25-28(35-21-19-27-12-7-9-18-34(27)41-35)20-22-36(33)42(29-14-4-3-5-15-29)38-37(39)32(23-24-40-38)31-17-10-13-26-11-6-8-16-30(26)31/h3-25H,1-2H3. The molecule has 200 valence electrons. The maximum absolute atomic E-state index is 5.07. The molecule has 3 heterocycles. The lowest BCUT2D eigenvalue weighted by Crippen LogP contribution is -2.32. The van der Waals surface area contributed by atoms with Crippen LogP contribution in [0.3, 0.4) is 0 Å². The van der Waals surface area contributed by atoms with Gasteiger partial charge in [0.15, 0.2) is 0 Å². The predicted molar refractivity (Wildman–Crippen MR) is 175 cm³/mol. The van der Waals surface area contributed by atoms with Gasteiger partial charge < -0.3 is 0 Å². The van der Waals surface area contributed by atoms with Gasteiger partial charge >= 0.3 is 0 Å². The van der Waals surface area contributed by atoms with Gasteiger partial charge in [-0.1, -0.05) is 105 Å². The molecule has 0 saturated carbocycles. The van der Waals surface area contributed by atoms with Crippen molar-refractivity contribution < 1.29 is 0 Å². The van der Waals surface area contributed by atoms with Crippen LogP contribution in [0.15, 0.2) is 140 Å². The second-order valence-electron chi connectivity index (χ2n) is 11.5. The highest BCUT2D eigenvalue weighted by atomic mass is 15.2. The molecule has 1 aliphatic heterocycles. The number of fused-ring (bicyclic) bond motifs is 4. The van der Waals surface area contributed by atoms with Gasteiger partial charge in [-0.3, -0.25) is 4.90 Å². The maximum Gasteiger partial charge on any atom is 0.142 e. The molecule has 5 aromatic carbocycles. The van der Waals surface area contributed by atoms with Crippen LogP contribution >= 0.6 is 0 Å². The van der Waals surface area contributed by atoms with Crippen LogP contribution < -0.4 is 4.90 Å². The maximum atomic E-state index is 5.07. The van der Waals surface area contributed by atoms with Crippen LogP contribution in [-0.2, 0) is 5.41 Å². The Bertz CT molecular complexity index is 2120. The van der Waals surface area contributed by atoms with Crippen LogP contribution in [0.2, 0.25) is 0 Å². The Balaban J connectivity index is 1.40. The van der Waals surface area contributed by atoms with E-state index in [2.05, 4.69) is 146 Å². The summed E-state index contributed by atoms with van der Waals surface area (Å²) < 4.78 is 0. The van der Waals surface area contributed by atoms with Gasteiger partial charge in [-0.15, -0.1) is 0 Å². The Morgan fingerprint density at radius 2 is 1.38 bits per heavy atom. The van der Waals surface area contributed by atoms with Crippen LogP contribution in [0.1, 0.15) is 25.0 Å². The van der Waals surface area contributed by atoms with E-state index in [-0.39, 0.29) is 5.41 Å². The molecular weight excluding hydrogens is 510 g/mol. The first-order valence-corrected chi connectivity index (χ1v) is 14.4. The fourth-order valence-electron chi connectivity index (χ4n) is 6.63. The number of hydrogen-bond acceptors (Lipinski definition) is 3. The summed E-state index contributed by atoms with van der Waals surface area (Å²) in [6, 6.07) is 47.4. The monoisotopic (exact) mass is 539 g/mol. The molecule has 42 heavy (non-hydrogen) atoms. The van der Waals surface area contributed by atoms with E-state index in [4.69, 9.17) is 9.97 Å². The van der Waals surface area contributed by atoms with Crippen molar-refractivity contribution in [3.8, 4) is 22.4 Å². The van der Waals surface area contributed by atoms with Gasteiger partial charge in [0.05, 0.1) is 16.9 Å². The first-order valence-electron chi connectivity index (χ1n) is 14.4. The number of pyridine rings is 2. The molecule has 1 aliphatic rings. The first kappa shape index (κ1) is 24.5. The molecule has 0 amide bonds. The number of anilines is 3. The van der Waals surface area contributed by atoms with Gasteiger partial charge in [0, 0.05) is 33.8 Å². The third-order valence-electron chi connectivity index (χ3n) is 8.67. The summed E-state index contributed by atoms with van der Waals surface area (Å²) in [5.74, 6) is 0.973. The van der Waals surface area contributed by atoms with Gasteiger partial charge in [-0.05, 0) is 69.9 Å². The van der Waals surface area contributed by atoms with Crippen molar-refractivity contribution in [2.24, 2.45) is 0 Å². The fourth-order valence-corrected chi connectivity index (χ4v) is 6.63. The quantitative estimate of drug-likeness (QED) is 0.224. The van der Waals surface area contributed by atoms with Crippen molar-refractivity contribution in [2.75, 3.05) is 4.90 Å². The van der Waals surface area contributed by atoms with E-state index in [0.717, 1.165) is 39.4 Å². The lowest BCUT2D eigenvalue weighted by Gasteiger charge is -2.42. The molecule has 7 aromatic rings. The fraction of sp³-hybridized carbons (Fsp3) is 0.0769. The summed E-state index contributed by atoms with van der Waals surface area (Å²) in [5.41, 5.74) is 9.91. The van der Waals surface area contributed by atoms with Crippen molar-refractivity contribution in [3.63, 3.8) is 0 Å². The van der Waals surface area contributed by atoms with Gasteiger partial charge in [0.2, 0.25) is 0 Å². The third kappa shape index (κ3) is 3.74. The highest BCUT2D eigenvalue weighted by Gasteiger charge is 2.40. The molecular formula is C39H29N3. The minimum Gasteiger partial charge on any atom is -0.294 e. The van der Waals surface area contributed by atoms with Gasteiger partial charge in [0.25, 0.3) is 0 Å². The average molecular weight is 540 g/mol. The van der Waals surface area contributed by atoms with Gasteiger partial charge in [-0.2, -0.15) is 0 Å². The Kier molecular flexibility index (Phi) is 5.48. The number of hydrogen-bond donors (Lipinski definition) is 0. The van der Waals surface area contributed by atoms with E-state index in [1.54, 1.807) is 0 Å². The zero-order valence-corrected chi connectivity index (χ0v) is 23.6. The van der Waals surface area contributed by atoms with Crippen LogP contribution in [0, 0.1) is 0 Å². The minimum atomic E-state index is -0.330. The number of benzene rings is 5. The van der Waals surface area contributed by atoms with Crippen LogP contribution in [0.4, 0.5) is 17.2 Å². The zero-order valence-electron chi connectivity index (χ0n) is 23.6. The van der Waals surface area contributed by atoms with Crippen LogP contribution in [0.5, 0.6) is 0 Å². The lowest BCUT2D eigenvalue weighted by atomic mass is 9.71. The topological polar surface area (TPSA) is 29.0 Å². The molecule has 3 heteroatoms. The van der Waals surface area contributed by atoms with E-state index in [1.165, 1.54) is 33.0 Å². The SMILES string of the molecule is CC1(C)c2cc(-c3ccc4ccccc4n3)ccc2N(c2ccccc2)c2nccc(-c3cccc4ccccc34)c21. The average Bonchev–Trinajstić information content (AvgIpc) is 3.04. The molecule has 0 radical (unpaired) electrons. The minimum absolute atomic E-state index is 0.330. The molecule has 0 spiro atoms. The Morgan fingerprint density at radius 1 is 0.619 bits per heavy atom. The van der Waals surface area contributed by atoms with Crippen molar-refractivity contribution in [3.05, 3.63) is 151 Å². The molecule has 3 nitrogen and oxygen atoms in total. The molecule has 8 rings (SSSR count). The Labute approximate surface area is 245 Å². The summed E-state index contributed by atoms with van der Waals surface area (Å²) in [6.45, 7) is 4.67. The van der Waals surface area contributed by atoms with Crippen molar-refractivity contribution >= 4 is 38.9 Å². The molecule has 0 bridgehead atoms. The number of rotatable bonds is 3. The number of para-hydroxylation sites is 2. The molecule has 0 N–H and O–H groups in total. The summed E-state index contributed by atoms with van der Waals surface area (Å²) in [7, 11) is 0. The van der Waals surface area contributed by atoms with Gasteiger partial charge in [0.1, 0.15) is 5.82 Å². The smallest absolute Gasteiger partial charge is 0.142 e. The summed E-state index contributed by atoms with van der Waals surface area (Å²) in [6.07, 6.45) is 1.96. The molecule has 0 unspecified atom stereocenters. The predicted octanol–water partition coefficient (Wildman–Crippen LogP) is 10.2. The largest absolute Gasteiger partial charge is 0.294 e. The first-order chi connectivity index (χ1) is 20.6. The highest BCUT2D eigenvalue weighted by molar-refractivity contribution is 6.00.